The van der Waals surface area contributed by atoms with Gasteiger partial charge in [-0.1, -0.05) is 41.1 Å². The highest BCUT2D eigenvalue weighted by Gasteiger charge is 2.13. The predicted molar refractivity (Wildman–Crippen MR) is 90.7 cm³/mol. The van der Waals surface area contributed by atoms with Gasteiger partial charge in [0.05, 0.1) is 5.69 Å². The van der Waals surface area contributed by atoms with E-state index >= 15 is 0 Å². The van der Waals surface area contributed by atoms with Crippen LogP contribution in [0.4, 0.5) is 15.8 Å². The van der Waals surface area contributed by atoms with Gasteiger partial charge in [0, 0.05) is 23.2 Å². The number of anilines is 2. The molecule has 2 aromatic rings. The highest BCUT2D eigenvalue weighted by Crippen LogP contribution is 2.31. The lowest BCUT2D eigenvalue weighted by atomic mass is 10.1. The first-order valence-corrected chi connectivity index (χ1v) is 7.85. The Balaban J connectivity index is 2.30. The Morgan fingerprint density at radius 1 is 1.24 bits per heavy atom. The monoisotopic (exact) mass is 350 g/mol. The number of hydrogen-bond donors (Lipinski definition) is 1. The van der Waals surface area contributed by atoms with Crippen LogP contribution in [0, 0.1) is 5.82 Å². The Labute approximate surface area is 134 Å². The number of benzene rings is 2. The molecule has 0 saturated carbocycles. The van der Waals surface area contributed by atoms with E-state index in [1.165, 1.54) is 11.6 Å². The molecule has 4 heteroatoms. The van der Waals surface area contributed by atoms with Crippen LogP contribution in [-0.2, 0) is 0 Å². The predicted octanol–water partition coefficient (Wildman–Crippen LogP) is 5.03. The third-order valence-electron chi connectivity index (χ3n) is 3.56. The summed E-state index contributed by atoms with van der Waals surface area (Å²) >= 11 is 3.62. The van der Waals surface area contributed by atoms with Crippen molar-refractivity contribution in [3.63, 3.8) is 0 Å². The average molecular weight is 351 g/mol. The molecule has 0 aliphatic rings. The highest BCUT2D eigenvalue weighted by atomic mass is 79.9. The molecular formula is C17H20BrFN2. The summed E-state index contributed by atoms with van der Waals surface area (Å²) in [4.78, 5) is 1.85. The van der Waals surface area contributed by atoms with Crippen LogP contribution >= 0.6 is 15.9 Å². The molecule has 0 saturated heterocycles. The lowest BCUT2D eigenvalue weighted by Crippen LogP contribution is -2.18. The third-order valence-corrected chi connectivity index (χ3v) is 4.25. The van der Waals surface area contributed by atoms with E-state index in [0.717, 1.165) is 16.7 Å². The van der Waals surface area contributed by atoms with Gasteiger partial charge >= 0.3 is 0 Å². The van der Waals surface area contributed by atoms with E-state index in [2.05, 4.69) is 41.2 Å². The van der Waals surface area contributed by atoms with Crippen molar-refractivity contribution >= 4 is 27.3 Å². The molecule has 0 aromatic heterocycles. The molecule has 1 unspecified atom stereocenters. The van der Waals surface area contributed by atoms with Crippen LogP contribution in [0.2, 0.25) is 0 Å². The zero-order chi connectivity index (χ0) is 15.4. The van der Waals surface area contributed by atoms with Crippen LogP contribution in [0.1, 0.15) is 25.5 Å². The summed E-state index contributed by atoms with van der Waals surface area (Å²) in [6.45, 7) is 5.14. The molecule has 0 heterocycles. The Morgan fingerprint density at radius 2 is 1.95 bits per heavy atom. The molecule has 2 rings (SSSR count). The third kappa shape index (κ3) is 3.63. The van der Waals surface area contributed by atoms with Gasteiger partial charge in [0.2, 0.25) is 0 Å². The minimum absolute atomic E-state index is 0.221. The first-order valence-electron chi connectivity index (χ1n) is 7.05. The maximum absolute atomic E-state index is 13.9. The molecule has 0 amide bonds. The molecule has 0 spiro atoms. The van der Waals surface area contributed by atoms with Gasteiger partial charge in [0.1, 0.15) is 5.82 Å². The topological polar surface area (TPSA) is 15.3 Å². The van der Waals surface area contributed by atoms with E-state index in [9.17, 15) is 4.39 Å². The molecule has 2 aromatic carbocycles. The van der Waals surface area contributed by atoms with Crippen molar-refractivity contribution in [3.05, 3.63) is 58.3 Å². The molecule has 0 aliphatic carbocycles. The molecule has 21 heavy (non-hydrogen) atoms. The molecule has 0 aliphatic heterocycles. The Hall–Kier alpha value is -1.39. The van der Waals surface area contributed by atoms with Crippen molar-refractivity contribution < 1.29 is 4.39 Å². The van der Waals surface area contributed by atoms with Crippen molar-refractivity contribution in [2.24, 2.45) is 0 Å². The maximum atomic E-state index is 13.9. The Morgan fingerprint density at radius 3 is 2.57 bits per heavy atom. The van der Waals surface area contributed by atoms with E-state index < -0.39 is 0 Å². The molecule has 1 N–H and O–H groups in total. The maximum Gasteiger partial charge on any atom is 0.146 e. The van der Waals surface area contributed by atoms with Gasteiger partial charge in [-0.3, -0.25) is 0 Å². The molecule has 0 radical (unpaired) electrons. The number of nitrogens with zero attached hydrogens (tertiary/aromatic N) is 1. The largest absolute Gasteiger partial charge is 0.342 e. The minimum Gasteiger partial charge on any atom is -0.342 e. The SMILES string of the molecule is CCNC(C)c1ccc(N(C)c2ccccc2F)cc1Br. The quantitative estimate of drug-likeness (QED) is 0.813. The lowest BCUT2D eigenvalue weighted by molar-refractivity contribution is 0.596. The van der Waals surface area contributed by atoms with Crippen molar-refractivity contribution in [1.29, 1.82) is 0 Å². The first-order chi connectivity index (χ1) is 10.0. The van der Waals surface area contributed by atoms with Crippen molar-refractivity contribution in [2.45, 2.75) is 19.9 Å². The normalized spacial score (nSPS) is 12.2. The first kappa shape index (κ1) is 16.0. The summed E-state index contributed by atoms with van der Waals surface area (Å²) in [5, 5.41) is 3.39. The minimum atomic E-state index is -0.221. The van der Waals surface area contributed by atoms with E-state index in [4.69, 9.17) is 0 Å². The molecule has 0 bridgehead atoms. The summed E-state index contributed by atoms with van der Waals surface area (Å²) in [5.74, 6) is -0.221. The summed E-state index contributed by atoms with van der Waals surface area (Å²) in [5.41, 5.74) is 2.71. The van der Waals surface area contributed by atoms with Gasteiger partial charge in [-0.15, -0.1) is 0 Å². The van der Waals surface area contributed by atoms with Crippen LogP contribution in [0.3, 0.4) is 0 Å². The van der Waals surface area contributed by atoms with Crippen molar-refractivity contribution in [2.75, 3.05) is 18.5 Å². The second kappa shape index (κ2) is 7.05. The van der Waals surface area contributed by atoms with E-state index in [-0.39, 0.29) is 11.9 Å². The second-order valence-electron chi connectivity index (χ2n) is 5.00. The number of hydrogen-bond acceptors (Lipinski definition) is 2. The summed E-state index contributed by atoms with van der Waals surface area (Å²) in [7, 11) is 1.87. The number of halogens is 2. The fraction of sp³-hybridized carbons (Fsp3) is 0.294. The second-order valence-corrected chi connectivity index (χ2v) is 5.85. The van der Waals surface area contributed by atoms with Crippen LogP contribution < -0.4 is 10.2 Å². The van der Waals surface area contributed by atoms with Crippen molar-refractivity contribution in [3.8, 4) is 0 Å². The van der Waals surface area contributed by atoms with Gasteiger partial charge < -0.3 is 10.2 Å². The number of rotatable bonds is 5. The smallest absolute Gasteiger partial charge is 0.146 e. The Kier molecular flexibility index (Phi) is 5.37. The van der Waals surface area contributed by atoms with Gasteiger partial charge in [0.25, 0.3) is 0 Å². The number of nitrogens with one attached hydrogen (secondary N) is 1. The van der Waals surface area contributed by atoms with Crippen LogP contribution in [-0.4, -0.2) is 13.6 Å². The summed E-state index contributed by atoms with van der Waals surface area (Å²) in [6.07, 6.45) is 0. The zero-order valence-corrected chi connectivity index (χ0v) is 14.1. The van der Waals surface area contributed by atoms with E-state index in [1.54, 1.807) is 12.1 Å². The molecular weight excluding hydrogens is 331 g/mol. The summed E-state index contributed by atoms with van der Waals surface area (Å²) in [6, 6.07) is 13.2. The lowest BCUT2D eigenvalue weighted by Gasteiger charge is -2.22. The fourth-order valence-electron chi connectivity index (χ4n) is 2.35. The van der Waals surface area contributed by atoms with Crippen LogP contribution in [0.25, 0.3) is 0 Å². The fourth-order valence-corrected chi connectivity index (χ4v) is 3.06. The van der Waals surface area contributed by atoms with Gasteiger partial charge in [-0.05, 0) is 43.3 Å². The van der Waals surface area contributed by atoms with Gasteiger partial charge in [-0.2, -0.15) is 0 Å². The molecule has 0 fully saturated rings. The highest BCUT2D eigenvalue weighted by molar-refractivity contribution is 9.10. The number of para-hydroxylation sites is 1. The van der Waals surface area contributed by atoms with Crippen LogP contribution in [0.15, 0.2) is 46.9 Å². The van der Waals surface area contributed by atoms with E-state index in [0.29, 0.717) is 5.69 Å². The standard InChI is InChI=1S/C17H20BrFN2/c1-4-20-12(2)14-10-9-13(11-15(14)18)21(3)17-8-6-5-7-16(17)19/h5-12,20H,4H2,1-3H3. The van der Waals surface area contributed by atoms with Gasteiger partial charge in [0.15, 0.2) is 0 Å². The Bertz CT molecular complexity index is 615. The molecule has 1 atom stereocenters. The summed E-state index contributed by atoms with van der Waals surface area (Å²) < 4.78 is 14.9. The molecule has 112 valence electrons. The average Bonchev–Trinajstić information content (AvgIpc) is 2.47. The zero-order valence-electron chi connectivity index (χ0n) is 12.5. The van der Waals surface area contributed by atoms with E-state index in [1.807, 2.05) is 30.1 Å². The van der Waals surface area contributed by atoms with Gasteiger partial charge in [-0.25, -0.2) is 4.39 Å². The van der Waals surface area contributed by atoms with Crippen molar-refractivity contribution in [1.82, 2.24) is 5.32 Å². The molecule has 2 nitrogen and oxygen atoms in total. The van der Waals surface area contributed by atoms with Crippen LogP contribution in [0.5, 0.6) is 0 Å².